The molecular weight excluding hydrogens is 392 g/mol. The second-order valence-corrected chi connectivity index (χ2v) is 7.50. The second-order valence-electron chi connectivity index (χ2n) is 6.65. The normalized spacial score (nSPS) is 18.6. The van der Waals surface area contributed by atoms with E-state index in [0.717, 1.165) is 25.7 Å². The number of amides is 1. The summed E-state index contributed by atoms with van der Waals surface area (Å²) in [7, 11) is 0. The van der Waals surface area contributed by atoms with Crippen molar-refractivity contribution in [2.45, 2.75) is 38.3 Å². The minimum absolute atomic E-state index is 0.0929. The van der Waals surface area contributed by atoms with E-state index in [1.165, 1.54) is 15.3 Å². The fraction of sp³-hybridized carbons (Fsp3) is 0.562. The Morgan fingerprint density at radius 3 is 2.76 bits per heavy atom. The van der Waals surface area contributed by atoms with Gasteiger partial charge in [-0.2, -0.15) is 9.61 Å². The molecule has 2 fully saturated rings. The van der Waals surface area contributed by atoms with E-state index < -0.39 is 17.3 Å². The lowest BCUT2D eigenvalue weighted by Gasteiger charge is -2.23. The van der Waals surface area contributed by atoms with Crippen molar-refractivity contribution in [2.75, 3.05) is 13.2 Å². The zero-order chi connectivity index (χ0) is 17.6. The van der Waals surface area contributed by atoms with Gasteiger partial charge in [0.05, 0.1) is 10.7 Å². The lowest BCUT2D eigenvalue weighted by molar-refractivity contribution is 0.0611. The van der Waals surface area contributed by atoms with Crippen LogP contribution in [0.25, 0.3) is 5.65 Å². The summed E-state index contributed by atoms with van der Waals surface area (Å²) in [6.45, 7) is 1.80. The van der Waals surface area contributed by atoms with Gasteiger partial charge in [-0.3, -0.25) is 14.2 Å². The molecule has 9 heteroatoms. The number of rotatable bonds is 4. The summed E-state index contributed by atoms with van der Waals surface area (Å²) in [5, 5.41) is 17.3. The molecule has 4 rings (SSSR count). The third-order valence-corrected chi connectivity index (χ3v) is 5.32. The fourth-order valence-corrected chi connectivity index (χ4v) is 3.67. The van der Waals surface area contributed by atoms with Crippen molar-refractivity contribution in [1.82, 2.24) is 19.5 Å². The Morgan fingerprint density at radius 1 is 1.36 bits per heavy atom. The molecule has 2 N–H and O–H groups in total. The zero-order valence-corrected chi connectivity index (χ0v) is 15.2. The smallest absolute Gasteiger partial charge is 0.270 e. The summed E-state index contributed by atoms with van der Waals surface area (Å²) in [5.74, 6) is -0.688. The largest absolute Gasteiger partial charge is 0.492 e. The molecule has 1 aliphatic carbocycles. The molecule has 25 heavy (non-hydrogen) atoms. The molecule has 0 aromatic carbocycles. The number of aromatic nitrogens is 3. The highest BCUT2D eigenvalue weighted by Gasteiger charge is 2.30. The number of nitrogens with one attached hydrogen (secondary N) is 1. The van der Waals surface area contributed by atoms with Crippen LogP contribution in [0.4, 0.5) is 0 Å². The second kappa shape index (κ2) is 6.45. The van der Waals surface area contributed by atoms with Crippen LogP contribution in [0, 0.1) is 5.92 Å². The summed E-state index contributed by atoms with van der Waals surface area (Å²) in [6, 6.07) is 0.0929. The maximum Gasteiger partial charge on any atom is 0.270 e. The van der Waals surface area contributed by atoms with E-state index in [1.54, 1.807) is 0 Å². The Kier molecular flexibility index (Phi) is 4.28. The van der Waals surface area contributed by atoms with Crippen molar-refractivity contribution in [2.24, 2.45) is 5.92 Å². The van der Waals surface area contributed by atoms with E-state index in [4.69, 9.17) is 4.74 Å². The first-order valence-electron chi connectivity index (χ1n) is 8.44. The van der Waals surface area contributed by atoms with E-state index in [1.807, 2.05) is 0 Å². The molecule has 0 atom stereocenters. The lowest BCUT2D eigenvalue weighted by Crippen LogP contribution is -2.37. The van der Waals surface area contributed by atoms with Crippen LogP contribution in [0.2, 0.25) is 0 Å². The highest BCUT2D eigenvalue weighted by molar-refractivity contribution is 9.10. The van der Waals surface area contributed by atoms with Crippen molar-refractivity contribution >= 4 is 27.5 Å². The van der Waals surface area contributed by atoms with Crippen LogP contribution in [-0.2, 0) is 11.3 Å². The molecule has 2 aromatic heterocycles. The molecule has 1 saturated heterocycles. The number of fused-ring (bicyclic) bond motifs is 1. The van der Waals surface area contributed by atoms with Gasteiger partial charge < -0.3 is 15.2 Å². The minimum Gasteiger partial charge on any atom is -0.492 e. The zero-order valence-electron chi connectivity index (χ0n) is 13.6. The highest BCUT2D eigenvalue weighted by atomic mass is 79.9. The van der Waals surface area contributed by atoms with Crippen LogP contribution in [0.3, 0.4) is 0 Å². The van der Waals surface area contributed by atoms with Crippen molar-refractivity contribution in [3.63, 3.8) is 0 Å². The molecule has 2 aromatic rings. The Labute approximate surface area is 151 Å². The van der Waals surface area contributed by atoms with Gasteiger partial charge >= 0.3 is 0 Å². The summed E-state index contributed by atoms with van der Waals surface area (Å²) >= 11 is 3.38. The molecule has 1 saturated carbocycles. The van der Waals surface area contributed by atoms with Crippen LogP contribution in [0.5, 0.6) is 5.88 Å². The van der Waals surface area contributed by atoms with Crippen LogP contribution < -0.4 is 10.9 Å². The summed E-state index contributed by atoms with van der Waals surface area (Å²) in [4.78, 5) is 25.5. The van der Waals surface area contributed by atoms with Gasteiger partial charge in [-0.1, -0.05) is 0 Å². The first kappa shape index (κ1) is 16.6. The number of carbonyl (C=O) groups excluding carboxylic acids is 1. The molecule has 134 valence electrons. The summed E-state index contributed by atoms with van der Waals surface area (Å²) in [6.07, 6.45) is 5.03. The number of halogens is 1. The Bertz CT molecular complexity index is 880. The molecule has 8 nitrogen and oxygen atoms in total. The maximum atomic E-state index is 13.0. The Hall–Kier alpha value is -1.87. The van der Waals surface area contributed by atoms with Crippen LogP contribution >= 0.6 is 15.9 Å². The maximum absolute atomic E-state index is 13.0. The van der Waals surface area contributed by atoms with Gasteiger partial charge in [-0.15, -0.1) is 0 Å². The molecule has 0 unspecified atom stereocenters. The van der Waals surface area contributed by atoms with Gasteiger partial charge in [0, 0.05) is 25.8 Å². The number of ether oxygens (including phenoxy) is 1. The van der Waals surface area contributed by atoms with E-state index in [2.05, 4.69) is 26.3 Å². The Balaban J connectivity index is 1.82. The molecule has 0 bridgehead atoms. The molecular formula is C16H19BrN4O4. The number of hydrogen-bond acceptors (Lipinski definition) is 5. The molecule has 3 heterocycles. The van der Waals surface area contributed by atoms with Gasteiger partial charge in [0.1, 0.15) is 0 Å². The highest BCUT2D eigenvalue weighted by Crippen LogP contribution is 2.26. The minimum atomic E-state index is -0.542. The van der Waals surface area contributed by atoms with Gasteiger partial charge in [-0.05, 0) is 47.5 Å². The number of hydrogen-bond donors (Lipinski definition) is 2. The third kappa shape index (κ3) is 3.06. The van der Waals surface area contributed by atoms with Crippen molar-refractivity contribution in [3.8, 4) is 5.88 Å². The molecule has 0 spiro atoms. The predicted molar refractivity (Wildman–Crippen MR) is 92.8 cm³/mol. The van der Waals surface area contributed by atoms with Crippen molar-refractivity contribution in [3.05, 3.63) is 26.6 Å². The van der Waals surface area contributed by atoms with E-state index in [-0.39, 0.29) is 17.5 Å². The monoisotopic (exact) mass is 410 g/mol. The average Bonchev–Trinajstić information content (AvgIpc) is 3.32. The summed E-state index contributed by atoms with van der Waals surface area (Å²) in [5.41, 5.74) is -0.283. The SMILES string of the molecule is O=C(NC1CC1)c1c(O)n2ncc(Br)c2n(CC2CCOCC2)c1=O. The van der Waals surface area contributed by atoms with Gasteiger partial charge in [-0.25, -0.2) is 0 Å². The first-order chi connectivity index (χ1) is 12.1. The number of aromatic hydroxyl groups is 1. The third-order valence-electron chi connectivity index (χ3n) is 4.76. The van der Waals surface area contributed by atoms with Gasteiger partial charge in [0.25, 0.3) is 11.5 Å². The molecule has 2 aliphatic rings. The Morgan fingerprint density at radius 2 is 2.08 bits per heavy atom. The molecule has 1 aliphatic heterocycles. The molecule has 1 amide bonds. The van der Waals surface area contributed by atoms with Crippen LogP contribution in [-0.4, -0.2) is 44.5 Å². The lowest BCUT2D eigenvalue weighted by atomic mass is 10.0. The first-order valence-corrected chi connectivity index (χ1v) is 9.23. The number of carbonyl (C=O) groups is 1. The number of nitrogens with zero attached hydrogens (tertiary/aromatic N) is 3. The van der Waals surface area contributed by atoms with E-state index in [0.29, 0.717) is 29.9 Å². The van der Waals surface area contributed by atoms with Crippen molar-refractivity contribution in [1.29, 1.82) is 0 Å². The van der Waals surface area contributed by atoms with Crippen molar-refractivity contribution < 1.29 is 14.6 Å². The van der Waals surface area contributed by atoms with Gasteiger partial charge in [0.15, 0.2) is 11.2 Å². The average molecular weight is 411 g/mol. The van der Waals surface area contributed by atoms with E-state index in [9.17, 15) is 14.7 Å². The van der Waals surface area contributed by atoms with Crippen LogP contribution in [0.15, 0.2) is 15.5 Å². The summed E-state index contributed by atoms with van der Waals surface area (Å²) < 4.78 is 8.75. The standard InChI is InChI=1S/C16H19BrN4O4/c17-11-7-18-21-14(11)20(8-9-3-5-25-6-4-9)15(23)12(16(21)24)13(22)19-10-1-2-10/h7,9-10,24H,1-6,8H2,(H,19,22). The molecule has 0 radical (unpaired) electrons. The predicted octanol–water partition coefficient (Wildman–Crippen LogP) is 1.28. The fourth-order valence-electron chi connectivity index (χ4n) is 3.19. The van der Waals surface area contributed by atoms with E-state index >= 15 is 0 Å². The van der Waals surface area contributed by atoms with Crippen LogP contribution in [0.1, 0.15) is 36.0 Å². The quantitative estimate of drug-likeness (QED) is 0.790. The van der Waals surface area contributed by atoms with Gasteiger partial charge in [0.2, 0.25) is 5.88 Å². The topological polar surface area (TPSA) is 97.9 Å².